The van der Waals surface area contributed by atoms with Gasteiger partial charge in [-0.05, 0) is 33.7 Å². The van der Waals surface area contributed by atoms with Gasteiger partial charge in [0.1, 0.15) is 5.75 Å². The minimum Gasteiger partial charge on any atom is -0.507 e. The molecule has 0 unspecified atom stereocenters. The van der Waals surface area contributed by atoms with Crippen LogP contribution in [-0.4, -0.2) is 19.0 Å². The molecule has 0 bridgehead atoms. The number of hydrogen-bond donors (Lipinski definition) is 2. The number of alkyl halides is 3. The predicted molar refractivity (Wildman–Crippen MR) is 107 cm³/mol. The molecule has 0 aromatic heterocycles. The second-order valence-electron chi connectivity index (χ2n) is 6.44. The van der Waals surface area contributed by atoms with Gasteiger partial charge >= 0.3 is 15.5 Å². The number of phenols is 1. The van der Waals surface area contributed by atoms with Gasteiger partial charge in [-0.2, -0.15) is 21.6 Å². The zero-order chi connectivity index (χ0) is 20.8. The molecule has 0 aliphatic heterocycles. The molecule has 2 N–H and O–H groups in total. The summed E-state index contributed by atoms with van der Waals surface area (Å²) in [6.07, 6.45) is 0. The van der Waals surface area contributed by atoms with E-state index < -0.39 is 15.5 Å². The van der Waals surface area contributed by atoms with Crippen LogP contribution >= 0.6 is 0 Å². The first-order valence-electron chi connectivity index (χ1n) is 8.51. The summed E-state index contributed by atoms with van der Waals surface area (Å²) in [6.45, 7) is 0. The van der Waals surface area contributed by atoms with E-state index in [2.05, 4.69) is 0 Å². The largest absolute Gasteiger partial charge is 0.516 e. The predicted octanol–water partition coefficient (Wildman–Crippen LogP) is 5.63. The Morgan fingerprint density at radius 2 is 1.24 bits per heavy atom. The molecule has 0 atom stereocenters. The molecule has 4 nitrogen and oxygen atoms in total. The SMILES string of the molecule is O=S(=O)(Nc1ccc2ccccc2c1-c1c(O)ccc2ccccc12)C(F)(F)F. The molecule has 0 amide bonds. The van der Waals surface area contributed by atoms with Gasteiger partial charge in [0, 0.05) is 11.1 Å². The second kappa shape index (κ2) is 6.66. The number of sulfonamides is 1. The smallest absolute Gasteiger partial charge is 0.507 e. The topological polar surface area (TPSA) is 66.4 Å². The third-order valence-corrected chi connectivity index (χ3v) is 5.73. The van der Waals surface area contributed by atoms with Crippen molar-refractivity contribution in [3.63, 3.8) is 0 Å². The molecular formula is C21H14F3NO3S. The van der Waals surface area contributed by atoms with E-state index in [9.17, 15) is 26.7 Å². The van der Waals surface area contributed by atoms with E-state index in [1.165, 1.54) is 18.2 Å². The maximum Gasteiger partial charge on any atom is 0.516 e. The number of hydrogen-bond acceptors (Lipinski definition) is 3. The lowest BCUT2D eigenvalue weighted by atomic mass is 9.92. The molecule has 0 radical (unpaired) electrons. The van der Waals surface area contributed by atoms with Gasteiger partial charge in [-0.1, -0.05) is 60.7 Å². The first-order chi connectivity index (χ1) is 13.7. The molecule has 4 aromatic carbocycles. The van der Waals surface area contributed by atoms with Gasteiger partial charge in [0.2, 0.25) is 0 Å². The Hall–Kier alpha value is -3.26. The molecule has 0 saturated heterocycles. The molecule has 0 aliphatic carbocycles. The van der Waals surface area contributed by atoms with Gasteiger partial charge in [-0.3, -0.25) is 4.72 Å². The average molecular weight is 417 g/mol. The van der Waals surface area contributed by atoms with Crippen molar-refractivity contribution in [1.29, 1.82) is 0 Å². The number of phenolic OH excluding ortho intramolecular Hbond substituents is 1. The zero-order valence-corrected chi connectivity index (χ0v) is 15.6. The maximum absolute atomic E-state index is 13.0. The third kappa shape index (κ3) is 3.25. The number of nitrogens with one attached hydrogen (secondary N) is 1. The van der Waals surface area contributed by atoms with E-state index in [1.54, 1.807) is 59.3 Å². The lowest BCUT2D eigenvalue weighted by molar-refractivity contribution is -0.0429. The third-order valence-electron chi connectivity index (χ3n) is 4.64. The van der Waals surface area contributed by atoms with E-state index in [4.69, 9.17) is 0 Å². The van der Waals surface area contributed by atoms with Gasteiger partial charge < -0.3 is 5.11 Å². The maximum atomic E-state index is 13.0. The monoisotopic (exact) mass is 417 g/mol. The highest BCUT2D eigenvalue weighted by molar-refractivity contribution is 7.93. The van der Waals surface area contributed by atoms with Crippen LogP contribution in [0.15, 0.2) is 72.8 Å². The summed E-state index contributed by atoms with van der Waals surface area (Å²) >= 11 is 0. The summed E-state index contributed by atoms with van der Waals surface area (Å²) in [4.78, 5) is 0. The normalized spacial score (nSPS) is 12.4. The van der Waals surface area contributed by atoms with Gasteiger partial charge in [-0.25, -0.2) is 0 Å². The molecule has 0 heterocycles. The average Bonchev–Trinajstić information content (AvgIpc) is 2.67. The summed E-state index contributed by atoms with van der Waals surface area (Å²) in [5.41, 5.74) is -5.32. The van der Waals surface area contributed by atoms with E-state index >= 15 is 0 Å². The molecule has 0 fully saturated rings. The molecule has 0 spiro atoms. The van der Waals surface area contributed by atoms with Crippen molar-refractivity contribution in [3.8, 4) is 16.9 Å². The fourth-order valence-corrected chi connectivity index (χ4v) is 3.93. The fourth-order valence-electron chi connectivity index (χ4n) is 3.35. The Balaban J connectivity index is 2.10. The minimum atomic E-state index is -5.65. The molecule has 4 aromatic rings. The summed E-state index contributed by atoms with van der Waals surface area (Å²) in [5.74, 6) is -0.174. The van der Waals surface area contributed by atoms with Crippen LogP contribution in [0.1, 0.15) is 0 Å². The van der Waals surface area contributed by atoms with E-state index in [0.717, 1.165) is 5.39 Å². The minimum absolute atomic E-state index is 0.172. The van der Waals surface area contributed by atoms with Crippen LogP contribution in [-0.2, 0) is 10.0 Å². The van der Waals surface area contributed by atoms with Crippen LogP contribution in [0.2, 0.25) is 0 Å². The molecule has 0 aliphatic rings. The zero-order valence-electron chi connectivity index (χ0n) is 14.7. The number of anilines is 1. The standard InChI is InChI=1S/C21H14F3NO3S/c22-21(23,24)29(27,28)25-17-11-9-13-5-1-3-7-15(13)19(17)20-16-8-4-2-6-14(16)10-12-18(20)26/h1-12,25-26H. The van der Waals surface area contributed by atoms with Gasteiger partial charge in [0.25, 0.3) is 0 Å². The van der Waals surface area contributed by atoms with Crippen LogP contribution in [0, 0.1) is 0 Å². The van der Waals surface area contributed by atoms with Crippen LogP contribution in [0.5, 0.6) is 5.75 Å². The Bertz CT molecular complexity index is 1350. The van der Waals surface area contributed by atoms with Crippen molar-refractivity contribution in [3.05, 3.63) is 72.8 Å². The van der Waals surface area contributed by atoms with Crippen molar-refractivity contribution >= 4 is 37.3 Å². The summed E-state index contributed by atoms with van der Waals surface area (Å²) in [6, 6.07) is 19.8. The van der Waals surface area contributed by atoms with Crippen molar-refractivity contribution < 1.29 is 26.7 Å². The van der Waals surface area contributed by atoms with E-state index in [-0.39, 0.29) is 22.6 Å². The highest BCUT2D eigenvalue weighted by atomic mass is 32.2. The van der Waals surface area contributed by atoms with Crippen molar-refractivity contribution in [2.75, 3.05) is 4.72 Å². The van der Waals surface area contributed by atoms with Crippen LogP contribution < -0.4 is 4.72 Å². The first-order valence-corrected chi connectivity index (χ1v) is 9.99. The second-order valence-corrected chi connectivity index (χ2v) is 8.12. The van der Waals surface area contributed by atoms with Gasteiger partial charge in [-0.15, -0.1) is 0 Å². The van der Waals surface area contributed by atoms with E-state index in [1.807, 2.05) is 0 Å². The van der Waals surface area contributed by atoms with Gasteiger partial charge in [0.05, 0.1) is 5.69 Å². The van der Waals surface area contributed by atoms with Crippen LogP contribution in [0.25, 0.3) is 32.7 Å². The quantitative estimate of drug-likeness (QED) is 0.454. The van der Waals surface area contributed by atoms with Crippen molar-refractivity contribution in [2.45, 2.75) is 5.51 Å². The Morgan fingerprint density at radius 3 is 1.83 bits per heavy atom. The number of aromatic hydroxyl groups is 1. The molecule has 148 valence electrons. The molecule has 29 heavy (non-hydrogen) atoms. The molecule has 8 heteroatoms. The number of halogens is 3. The Morgan fingerprint density at radius 1 is 0.724 bits per heavy atom. The van der Waals surface area contributed by atoms with Gasteiger partial charge in [0.15, 0.2) is 0 Å². The summed E-state index contributed by atoms with van der Waals surface area (Å²) in [5, 5.41) is 13.1. The highest BCUT2D eigenvalue weighted by Gasteiger charge is 2.46. The lowest BCUT2D eigenvalue weighted by Crippen LogP contribution is -2.30. The summed E-state index contributed by atoms with van der Waals surface area (Å²) in [7, 11) is -5.65. The van der Waals surface area contributed by atoms with Crippen LogP contribution in [0.4, 0.5) is 18.9 Å². The first kappa shape index (κ1) is 19.1. The number of benzene rings is 4. The van der Waals surface area contributed by atoms with Crippen molar-refractivity contribution in [1.82, 2.24) is 0 Å². The molecular weight excluding hydrogens is 403 g/mol. The number of rotatable bonds is 3. The number of fused-ring (bicyclic) bond motifs is 2. The Kier molecular flexibility index (Phi) is 4.38. The Labute approximate surface area is 164 Å². The highest BCUT2D eigenvalue weighted by Crippen LogP contribution is 2.44. The molecule has 4 rings (SSSR count). The summed E-state index contributed by atoms with van der Waals surface area (Å²) < 4.78 is 64.2. The molecule has 0 saturated carbocycles. The van der Waals surface area contributed by atoms with Crippen molar-refractivity contribution in [2.24, 2.45) is 0 Å². The van der Waals surface area contributed by atoms with Crippen LogP contribution in [0.3, 0.4) is 0 Å². The van der Waals surface area contributed by atoms with E-state index in [0.29, 0.717) is 16.2 Å². The fraction of sp³-hybridized carbons (Fsp3) is 0.0476. The lowest BCUT2D eigenvalue weighted by Gasteiger charge is -2.18.